The molecule has 28 heavy (non-hydrogen) atoms. The van der Waals surface area contributed by atoms with Gasteiger partial charge in [0.2, 0.25) is 0 Å². The number of hydrogen-bond donors (Lipinski definition) is 1. The summed E-state index contributed by atoms with van der Waals surface area (Å²) in [6, 6.07) is 13.6. The summed E-state index contributed by atoms with van der Waals surface area (Å²) >= 11 is 0. The second-order valence-electron chi connectivity index (χ2n) is 7.18. The van der Waals surface area contributed by atoms with E-state index < -0.39 is 9.84 Å². The van der Waals surface area contributed by atoms with Gasteiger partial charge in [0, 0.05) is 5.56 Å². The molecule has 148 valence electrons. The normalized spacial score (nSPS) is 19.4. The number of ether oxygens (including phenoxy) is 2. The Labute approximate surface area is 164 Å². The van der Waals surface area contributed by atoms with Crippen LogP contribution in [-0.2, 0) is 9.84 Å². The van der Waals surface area contributed by atoms with Crippen LogP contribution in [0.4, 0.5) is 0 Å². The average molecular weight is 401 g/mol. The molecule has 0 spiro atoms. The summed E-state index contributed by atoms with van der Waals surface area (Å²) in [6.45, 7) is 0.658. The van der Waals surface area contributed by atoms with Crippen LogP contribution in [0.3, 0.4) is 0 Å². The zero-order valence-corrected chi connectivity index (χ0v) is 16.3. The predicted octanol–water partition coefficient (Wildman–Crippen LogP) is 2.97. The highest BCUT2D eigenvalue weighted by Gasteiger charge is 2.30. The Kier molecular flexibility index (Phi) is 5.26. The number of amides is 1. The van der Waals surface area contributed by atoms with Crippen molar-refractivity contribution in [2.75, 3.05) is 13.2 Å². The van der Waals surface area contributed by atoms with Gasteiger partial charge in [-0.25, -0.2) is 8.42 Å². The Balaban J connectivity index is 1.35. The lowest BCUT2D eigenvalue weighted by Crippen LogP contribution is -2.40. The monoisotopic (exact) mass is 401 g/mol. The number of sulfone groups is 1. The van der Waals surface area contributed by atoms with Crippen LogP contribution >= 0.6 is 0 Å². The Bertz CT molecular complexity index is 949. The van der Waals surface area contributed by atoms with Crippen molar-refractivity contribution in [1.82, 2.24) is 5.32 Å². The highest BCUT2D eigenvalue weighted by atomic mass is 32.2. The smallest absolute Gasteiger partial charge is 0.251 e. The summed E-state index contributed by atoms with van der Waals surface area (Å²) < 4.78 is 36.7. The van der Waals surface area contributed by atoms with E-state index in [2.05, 4.69) is 5.32 Å². The van der Waals surface area contributed by atoms with Gasteiger partial charge in [0.25, 0.3) is 5.91 Å². The van der Waals surface area contributed by atoms with Crippen molar-refractivity contribution in [3.8, 4) is 11.5 Å². The third-order valence-electron chi connectivity index (χ3n) is 5.24. The first-order valence-corrected chi connectivity index (χ1v) is 11.1. The third kappa shape index (κ3) is 3.85. The van der Waals surface area contributed by atoms with Crippen molar-refractivity contribution in [3.63, 3.8) is 0 Å². The average Bonchev–Trinajstić information content (AvgIpc) is 3.28. The molecule has 1 N–H and O–H groups in total. The van der Waals surface area contributed by atoms with Gasteiger partial charge in [-0.05, 0) is 49.2 Å². The minimum Gasteiger partial charge on any atom is -0.486 e. The van der Waals surface area contributed by atoms with Crippen molar-refractivity contribution in [2.45, 2.75) is 41.9 Å². The van der Waals surface area contributed by atoms with E-state index >= 15 is 0 Å². The van der Waals surface area contributed by atoms with Crippen LogP contribution < -0.4 is 14.8 Å². The summed E-state index contributed by atoms with van der Waals surface area (Å²) in [5, 5.41) is 2.53. The van der Waals surface area contributed by atoms with Gasteiger partial charge in [-0.2, -0.15) is 0 Å². The highest BCUT2D eigenvalue weighted by Crippen LogP contribution is 2.31. The topological polar surface area (TPSA) is 81.7 Å². The van der Waals surface area contributed by atoms with Crippen molar-refractivity contribution in [3.05, 3.63) is 54.1 Å². The van der Waals surface area contributed by atoms with E-state index in [4.69, 9.17) is 9.47 Å². The lowest BCUT2D eigenvalue weighted by Gasteiger charge is -2.26. The minimum absolute atomic E-state index is 0.271. The van der Waals surface area contributed by atoms with E-state index in [1.807, 2.05) is 24.3 Å². The van der Waals surface area contributed by atoms with Crippen LogP contribution in [0.2, 0.25) is 0 Å². The van der Waals surface area contributed by atoms with Crippen LogP contribution in [0.25, 0.3) is 0 Å². The van der Waals surface area contributed by atoms with Crippen LogP contribution in [-0.4, -0.2) is 38.8 Å². The van der Waals surface area contributed by atoms with E-state index in [-0.39, 0.29) is 22.2 Å². The molecule has 2 aromatic carbocycles. The van der Waals surface area contributed by atoms with Crippen LogP contribution in [0.5, 0.6) is 11.5 Å². The maximum atomic E-state index is 12.6. The highest BCUT2D eigenvalue weighted by molar-refractivity contribution is 7.92. The maximum Gasteiger partial charge on any atom is 0.251 e. The minimum atomic E-state index is -3.31. The SMILES string of the molecule is O=C(NC[C@H]1COc2ccccc2O1)c1ccc(S(=O)(=O)C2CCCC2)cc1. The molecule has 0 saturated heterocycles. The summed E-state index contributed by atoms with van der Waals surface area (Å²) in [5.41, 5.74) is 0.419. The van der Waals surface area contributed by atoms with Crippen molar-refractivity contribution < 1.29 is 22.7 Å². The fourth-order valence-electron chi connectivity index (χ4n) is 3.66. The van der Waals surface area contributed by atoms with Gasteiger partial charge in [0.15, 0.2) is 21.3 Å². The van der Waals surface area contributed by atoms with E-state index in [1.54, 1.807) is 12.1 Å². The number of carbonyl (C=O) groups excluding carboxylic acids is 1. The Morgan fingerprint density at radius 3 is 2.39 bits per heavy atom. The molecule has 1 amide bonds. The number of rotatable bonds is 5. The second kappa shape index (κ2) is 7.83. The number of benzene rings is 2. The zero-order chi connectivity index (χ0) is 19.6. The molecular formula is C21H23NO5S. The zero-order valence-electron chi connectivity index (χ0n) is 15.5. The largest absolute Gasteiger partial charge is 0.486 e. The molecule has 1 aliphatic carbocycles. The quantitative estimate of drug-likeness (QED) is 0.833. The Morgan fingerprint density at radius 1 is 1.00 bits per heavy atom. The van der Waals surface area contributed by atoms with Gasteiger partial charge in [-0.15, -0.1) is 0 Å². The number of para-hydroxylation sites is 2. The van der Waals surface area contributed by atoms with Gasteiger partial charge in [-0.1, -0.05) is 25.0 Å². The van der Waals surface area contributed by atoms with Crippen LogP contribution in [0.15, 0.2) is 53.4 Å². The first-order chi connectivity index (χ1) is 13.5. The fraction of sp³-hybridized carbons (Fsp3) is 0.381. The van der Waals surface area contributed by atoms with Gasteiger partial charge in [0.1, 0.15) is 12.7 Å². The van der Waals surface area contributed by atoms with E-state index in [0.29, 0.717) is 30.2 Å². The van der Waals surface area contributed by atoms with E-state index in [0.717, 1.165) is 25.7 Å². The molecule has 0 radical (unpaired) electrons. The standard InChI is InChI=1S/C21H23NO5S/c23-21(22-13-16-14-26-19-7-3-4-8-20(19)27-16)15-9-11-18(12-10-15)28(24,25)17-5-1-2-6-17/h3-4,7-12,16-17H,1-2,5-6,13-14H2,(H,22,23)/t16-/m0/s1. The molecule has 2 aliphatic rings. The molecule has 2 aromatic rings. The van der Waals surface area contributed by atoms with Crippen molar-refractivity contribution >= 4 is 15.7 Å². The third-order valence-corrected chi connectivity index (χ3v) is 7.52. The van der Waals surface area contributed by atoms with Gasteiger partial charge in [0.05, 0.1) is 16.7 Å². The van der Waals surface area contributed by atoms with Crippen LogP contribution in [0, 0.1) is 0 Å². The Morgan fingerprint density at radius 2 is 1.68 bits per heavy atom. The number of fused-ring (bicyclic) bond motifs is 1. The second-order valence-corrected chi connectivity index (χ2v) is 9.41. The van der Waals surface area contributed by atoms with Crippen molar-refractivity contribution in [2.24, 2.45) is 0 Å². The van der Waals surface area contributed by atoms with Gasteiger partial charge in [-0.3, -0.25) is 4.79 Å². The molecule has 7 heteroatoms. The summed E-state index contributed by atoms with van der Waals surface area (Å²) in [5.74, 6) is 1.09. The van der Waals surface area contributed by atoms with Gasteiger partial charge >= 0.3 is 0 Å². The summed E-state index contributed by atoms with van der Waals surface area (Å²) in [7, 11) is -3.31. The van der Waals surface area contributed by atoms with Crippen molar-refractivity contribution in [1.29, 1.82) is 0 Å². The Hall–Kier alpha value is -2.54. The molecule has 4 rings (SSSR count). The van der Waals surface area contributed by atoms with Crippen LogP contribution in [0.1, 0.15) is 36.0 Å². The lowest BCUT2D eigenvalue weighted by atomic mass is 10.2. The number of hydrogen-bond acceptors (Lipinski definition) is 5. The number of carbonyl (C=O) groups is 1. The summed E-state index contributed by atoms with van der Waals surface area (Å²) in [6.07, 6.45) is 3.08. The molecule has 6 nitrogen and oxygen atoms in total. The molecule has 0 bridgehead atoms. The van der Waals surface area contributed by atoms with Gasteiger partial charge < -0.3 is 14.8 Å². The molecule has 1 saturated carbocycles. The van der Waals surface area contributed by atoms with E-state index in [9.17, 15) is 13.2 Å². The first kappa shape index (κ1) is 18.8. The molecule has 1 heterocycles. The number of nitrogens with one attached hydrogen (secondary N) is 1. The first-order valence-electron chi connectivity index (χ1n) is 9.55. The molecule has 1 atom stereocenters. The summed E-state index contributed by atoms with van der Waals surface area (Å²) in [4.78, 5) is 12.7. The molecule has 0 unspecified atom stereocenters. The predicted molar refractivity (Wildman–Crippen MR) is 105 cm³/mol. The molecule has 1 fully saturated rings. The van der Waals surface area contributed by atoms with E-state index in [1.165, 1.54) is 12.1 Å². The lowest BCUT2D eigenvalue weighted by molar-refractivity contribution is 0.0789. The molecular weight excluding hydrogens is 378 g/mol. The molecule has 0 aromatic heterocycles. The molecule has 1 aliphatic heterocycles. The maximum absolute atomic E-state index is 12.6. The fourth-order valence-corrected chi connectivity index (χ4v) is 5.51.